The van der Waals surface area contributed by atoms with Gasteiger partial charge in [-0.2, -0.15) is 0 Å². The third kappa shape index (κ3) is 2.90. The van der Waals surface area contributed by atoms with Crippen molar-refractivity contribution in [1.29, 1.82) is 0 Å². The van der Waals surface area contributed by atoms with Crippen LogP contribution in [0.5, 0.6) is 0 Å². The van der Waals surface area contributed by atoms with Crippen LogP contribution in [0, 0.1) is 5.92 Å². The molecule has 1 aromatic rings. The average molecular weight is 214 g/mol. The molecule has 1 fully saturated rings. The van der Waals surface area contributed by atoms with Crippen LogP contribution in [-0.4, -0.2) is 16.8 Å². The van der Waals surface area contributed by atoms with Crippen molar-refractivity contribution in [3.63, 3.8) is 0 Å². The molecule has 0 amide bonds. The van der Waals surface area contributed by atoms with E-state index in [1.54, 1.807) is 0 Å². The predicted octanol–water partition coefficient (Wildman–Crippen LogP) is 1.14. The molecular weight excluding hydrogens is 200 g/mol. The largest absolute Gasteiger partial charge is 0.374 e. The van der Waals surface area contributed by atoms with Crippen LogP contribution < -0.4 is 11.3 Å². The first kappa shape index (κ1) is 9.82. The van der Waals surface area contributed by atoms with Crippen LogP contribution in [0.4, 0.5) is 5.13 Å². The number of nitrogen functional groups attached to an aromatic ring is 1. The van der Waals surface area contributed by atoms with Gasteiger partial charge in [-0.3, -0.25) is 5.43 Å². The zero-order valence-electron chi connectivity index (χ0n) is 7.90. The van der Waals surface area contributed by atoms with Crippen LogP contribution in [0.1, 0.15) is 24.3 Å². The fourth-order valence-corrected chi connectivity index (χ4v) is 1.77. The van der Waals surface area contributed by atoms with Crippen LogP contribution in [0.25, 0.3) is 0 Å². The van der Waals surface area contributed by atoms with Gasteiger partial charge in [0.15, 0.2) is 0 Å². The first-order chi connectivity index (χ1) is 6.88. The van der Waals surface area contributed by atoms with E-state index in [4.69, 9.17) is 10.6 Å². The Hall–Kier alpha value is -0.720. The Labute approximate surface area is 86.6 Å². The van der Waals surface area contributed by atoms with Crippen molar-refractivity contribution in [3.8, 4) is 0 Å². The summed E-state index contributed by atoms with van der Waals surface area (Å²) in [4.78, 5) is 0. The first-order valence-corrected chi connectivity index (χ1v) is 5.57. The van der Waals surface area contributed by atoms with E-state index in [-0.39, 0.29) is 0 Å². The Kier molecular flexibility index (Phi) is 3.28. The quantitative estimate of drug-likeness (QED) is 0.422. The molecule has 0 aliphatic heterocycles. The van der Waals surface area contributed by atoms with Crippen molar-refractivity contribution in [3.05, 3.63) is 5.01 Å². The van der Waals surface area contributed by atoms with E-state index in [1.807, 2.05) is 0 Å². The van der Waals surface area contributed by atoms with Gasteiger partial charge in [-0.05, 0) is 12.3 Å². The van der Waals surface area contributed by atoms with Gasteiger partial charge in [0.2, 0.25) is 5.13 Å². The summed E-state index contributed by atoms with van der Waals surface area (Å²) in [5.41, 5.74) is 2.46. The Morgan fingerprint density at radius 3 is 3.00 bits per heavy atom. The highest BCUT2D eigenvalue weighted by molar-refractivity contribution is 7.15. The monoisotopic (exact) mass is 214 g/mol. The van der Waals surface area contributed by atoms with Gasteiger partial charge in [0.05, 0.1) is 0 Å². The molecule has 0 spiro atoms. The number of rotatable bonds is 6. The molecule has 1 heterocycles. The van der Waals surface area contributed by atoms with Crippen molar-refractivity contribution in [2.45, 2.75) is 25.9 Å². The molecule has 3 N–H and O–H groups in total. The van der Waals surface area contributed by atoms with E-state index in [0.717, 1.165) is 17.5 Å². The summed E-state index contributed by atoms with van der Waals surface area (Å²) < 4.78 is 5.47. The normalized spacial score (nSPS) is 15.8. The highest BCUT2D eigenvalue weighted by Crippen LogP contribution is 2.32. The van der Waals surface area contributed by atoms with Crippen molar-refractivity contribution < 1.29 is 4.74 Å². The number of hydrogen-bond donors (Lipinski definition) is 2. The SMILES string of the molecule is NNc1nnc(COCCC2CC2)s1. The van der Waals surface area contributed by atoms with E-state index >= 15 is 0 Å². The van der Waals surface area contributed by atoms with Crippen LogP contribution in [-0.2, 0) is 11.3 Å². The van der Waals surface area contributed by atoms with Gasteiger partial charge in [-0.15, -0.1) is 10.2 Å². The zero-order chi connectivity index (χ0) is 9.80. The molecule has 2 rings (SSSR count). The number of hydrogen-bond acceptors (Lipinski definition) is 6. The van der Waals surface area contributed by atoms with Gasteiger partial charge in [0.1, 0.15) is 11.6 Å². The van der Waals surface area contributed by atoms with Crippen LogP contribution in [0.15, 0.2) is 0 Å². The topological polar surface area (TPSA) is 73.1 Å². The number of anilines is 1. The molecule has 0 aromatic carbocycles. The van der Waals surface area contributed by atoms with E-state index in [2.05, 4.69) is 15.6 Å². The van der Waals surface area contributed by atoms with E-state index in [0.29, 0.717) is 11.7 Å². The molecule has 78 valence electrons. The van der Waals surface area contributed by atoms with Gasteiger partial charge >= 0.3 is 0 Å². The first-order valence-electron chi connectivity index (χ1n) is 4.75. The Morgan fingerprint density at radius 1 is 1.50 bits per heavy atom. The third-order valence-electron chi connectivity index (χ3n) is 2.18. The molecule has 0 radical (unpaired) electrons. The number of aromatic nitrogens is 2. The zero-order valence-corrected chi connectivity index (χ0v) is 8.72. The van der Waals surface area contributed by atoms with Gasteiger partial charge in [0, 0.05) is 6.61 Å². The highest BCUT2D eigenvalue weighted by Gasteiger charge is 2.20. The van der Waals surface area contributed by atoms with Crippen molar-refractivity contribution in [2.24, 2.45) is 11.8 Å². The highest BCUT2D eigenvalue weighted by atomic mass is 32.1. The summed E-state index contributed by atoms with van der Waals surface area (Å²) in [7, 11) is 0. The average Bonchev–Trinajstić information content (AvgIpc) is 2.91. The van der Waals surface area contributed by atoms with E-state index in [9.17, 15) is 0 Å². The fraction of sp³-hybridized carbons (Fsp3) is 0.750. The predicted molar refractivity (Wildman–Crippen MR) is 54.7 cm³/mol. The van der Waals surface area contributed by atoms with E-state index < -0.39 is 0 Å². The summed E-state index contributed by atoms with van der Waals surface area (Å²) in [5, 5.41) is 9.23. The summed E-state index contributed by atoms with van der Waals surface area (Å²) >= 11 is 1.42. The lowest BCUT2D eigenvalue weighted by Gasteiger charge is -1.99. The maximum Gasteiger partial charge on any atom is 0.219 e. The Bertz CT molecular complexity index is 287. The summed E-state index contributed by atoms with van der Waals surface area (Å²) in [6, 6.07) is 0. The molecule has 1 saturated carbocycles. The molecule has 0 saturated heterocycles. The number of ether oxygens (including phenoxy) is 1. The number of nitrogens with zero attached hydrogens (tertiary/aromatic N) is 2. The number of nitrogens with one attached hydrogen (secondary N) is 1. The molecule has 6 heteroatoms. The molecule has 1 aliphatic carbocycles. The lowest BCUT2D eigenvalue weighted by atomic mass is 10.3. The lowest BCUT2D eigenvalue weighted by molar-refractivity contribution is 0.114. The molecule has 1 aromatic heterocycles. The maximum atomic E-state index is 5.47. The second-order valence-electron chi connectivity index (χ2n) is 3.43. The minimum Gasteiger partial charge on any atom is -0.374 e. The molecule has 5 nitrogen and oxygen atoms in total. The second kappa shape index (κ2) is 4.68. The summed E-state index contributed by atoms with van der Waals surface area (Å²) in [6.45, 7) is 1.38. The van der Waals surface area contributed by atoms with Crippen LogP contribution >= 0.6 is 11.3 Å². The number of hydrazine groups is 1. The van der Waals surface area contributed by atoms with Gasteiger partial charge in [-0.25, -0.2) is 5.84 Å². The van der Waals surface area contributed by atoms with Crippen molar-refractivity contribution in [2.75, 3.05) is 12.0 Å². The Morgan fingerprint density at radius 2 is 2.36 bits per heavy atom. The summed E-state index contributed by atoms with van der Waals surface area (Å²) in [6.07, 6.45) is 3.94. The van der Waals surface area contributed by atoms with Crippen molar-refractivity contribution in [1.82, 2.24) is 10.2 Å². The fourth-order valence-electron chi connectivity index (χ4n) is 1.19. The Balaban J connectivity index is 1.63. The van der Waals surface area contributed by atoms with Crippen molar-refractivity contribution >= 4 is 16.5 Å². The molecule has 0 bridgehead atoms. The minimum atomic E-state index is 0.548. The molecule has 0 atom stereocenters. The minimum absolute atomic E-state index is 0.548. The molecule has 0 unspecified atom stereocenters. The maximum absolute atomic E-state index is 5.47. The summed E-state index contributed by atoms with van der Waals surface area (Å²) in [5.74, 6) is 6.11. The van der Waals surface area contributed by atoms with Gasteiger partial charge in [0.25, 0.3) is 0 Å². The smallest absolute Gasteiger partial charge is 0.219 e. The van der Waals surface area contributed by atoms with E-state index in [1.165, 1.54) is 30.6 Å². The number of nitrogens with two attached hydrogens (primary N) is 1. The lowest BCUT2D eigenvalue weighted by Crippen LogP contribution is -2.05. The van der Waals surface area contributed by atoms with Gasteiger partial charge < -0.3 is 4.74 Å². The van der Waals surface area contributed by atoms with Crippen LogP contribution in [0.3, 0.4) is 0 Å². The molecular formula is C8H14N4OS. The van der Waals surface area contributed by atoms with Crippen LogP contribution in [0.2, 0.25) is 0 Å². The van der Waals surface area contributed by atoms with Gasteiger partial charge in [-0.1, -0.05) is 24.2 Å². The second-order valence-corrected chi connectivity index (χ2v) is 4.49. The molecule has 1 aliphatic rings. The standard InChI is InChI=1S/C8H14N4OS/c9-10-8-12-11-7(14-8)5-13-4-3-6-1-2-6/h6H,1-5,9H2,(H,10,12). The third-order valence-corrected chi connectivity index (χ3v) is 3.01. The molecule has 14 heavy (non-hydrogen) atoms.